The summed E-state index contributed by atoms with van der Waals surface area (Å²) in [5.74, 6) is -0.724. The van der Waals surface area contributed by atoms with Crippen LogP contribution in [0, 0.1) is 5.41 Å². The van der Waals surface area contributed by atoms with Crippen molar-refractivity contribution in [2.24, 2.45) is 5.41 Å². The highest BCUT2D eigenvalue weighted by atomic mass is 16.4. The Balaban J connectivity index is 2.10. The predicted molar refractivity (Wildman–Crippen MR) is 74.0 cm³/mol. The number of benzene rings is 2. The molecule has 1 aliphatic carbocycles. The fraction of sp³-hybridized carbons (Fsp3) is 0.235. The summed E-state index contributed by atoms with van der Waals surface area (Å²) >= 11 is 0. The van der Waals surface area contributed by atoms with Crippen molar-refractivity contribution in [2.75, 3.05) is 0 Å². The maximum atomic E-state index is 11.7. The molecule has 1 aliphatic rings. The van der Waals surface area contributed by atoms with Crippen LogP contribution in [0.5, 0.6) is 0 Å². The van der Waals surface area contributed by atoms with E-state index < -0.39 is 11.4 Å². The average Bonchev–Trinajstić information content (AvgIpc) is 3.23. The number of carboxylic acid groups (broad SMARTS) is 1. The molecule has 1 N–H and O–H groups in total. The molecule has 2 aromatic carbocycles. The number of carboxylic acids is 1. The highest BCUT2D eigenvalue weighted by Crippen LogP contribution is 2.58. The molecule has 0 saturated heterocycles. The number of aliphatic carboxylic acids is 1. The first kappa shape index (κ1) is 12.0. The van der Waals surface area contributed by atoms with Crippen molar-refractivity contribution in [1.82, 2.24) is 0 Å². The van der Waals surface area contributed by atoms with E-state index in [-0.39, 0.29) is 5.92 Å². The van der Waals surface area contributed by atoms with Gasteiger partial charge in [-0.15, -0.1) is 0 Å². The van der Waals surface area contributed by atoms with Crippen molar-refractivity contribution >= 4 is 5.97 Å². The van der Waals surface area contributed by atoms with Crippen LogP contribution in [0.25, 0.3) is 0 Å². The molecule has 0 atom stereocenters. The van der Waals surface area contributed by atoms with Gasteiger partial charge in [0.25, 0.3) is 0 Å². The molecule has 3 rings (SSSR count). The zero-order valence-electron chi connectivity index (χ0n) is 10.6. The van der Waals surface area contributed by atoms with Gasteiger partial charge in [-0.25, -0.2) is 0 Å². The summed E-state index contributed by atoms with van der Waals surface area (Å²) in [7, 11) is 0. The molecule has 19 heavy (non-hydrogen) atoms. The van der Waals surface area contributed by atoms with E-state index in [0.717, 1.165) is 24.0 Å². The van der Waals surface area contributed by atoms with E-state index in [2.05, 4.69) is 0 Å². The summed E-state index contributed by atoms with van der Waals surface area (Å²) in [5, 5.41) is 9.60. The van der Waals surface area contributed by atoms with E-state index in [4.69, 9.17) is 0 Å². The van der Waals surface area contributed by atoms with E-state index in [1.807, 2.05) is 60.7 Å². The zero-order valence-corrected chi connectivity index (χ0v) is 10.6. The molecule has 0 spiro atoms. The normalized spacial score (nSPS) is 16.3. The van der Waals surface area contributed by atoms with Gasteiger partial charge in [-0.1, -0.05) is 60.7 Å². The molecular formula is C17H16O2. The maximum absolute atomic E-state index is 11.7. The second-order valence-electron chi connectivity index (χ2n) is 5.22. The summed E-state index contributed by atoms with van der Waals surface area (Å²) < 4.78 is 0. The lowest BCUT2D eigenvalue weighted by molar-refractivity contribution is -0.143. The van der Waals surface area contributed by atoms with Crippen LogP contribution < -0.4 is 0 Å². The molecular weight excluding hydrogens is 236 g/mol. The van der Waals surface area contributed by atoms with Gasteiger partial charge in [0.15, 0.2) is 0 Å². The first-order chi connectivity index (χ1) is 9.24. The fourth-order valence-electron chi connectivity index (χ4n) is 2.88. The Bertz CT molecular complexity index is 531. The molecule has 0 heterocycles. The summed E-state index contributed by atoms with van der Waals surface area (Å²) in [4.78, 5) is 11.7. The van der Waals surface area contributed by atoms with Crippen LogP contribution in [-0.2, 0) is 4.79 Å². The highest BCUT2D eigenvalue weighted by Gasteiger charge is 2.56. The maximum Gasteiger partial charge on any atom is 0.310 e. The molecule has 2 aromatic rings. The third kappa shape index (κ3) is 2.03. The number of rotatable bonds is 4. The summed E-state index contributed by atoms with van der Waals surface area (Å²) in [6.45, 7) is 0. The van der Waals surface area contributed by atoms with Crippen LogP contribution in [0.3, 0.4) is 0 Å². The smallest absolute Gasteiger partial charge is 0.310 e. The molecule has 1 saturated carbocycles. The molecule has 0 radical (unpaired) electrons. The van der Waals surface area contributed by atoms with Crippen LogP contribution in [0.2, 0.25) is 0 Å². The number of carbonyl (C=O) groups is 1. The second-order valence-corrected chi connectivity index (χ2v) is 5.22. The van der Waals surface area contributed by atoms with Crippen molar-refractivity contribution < 1.29 is 9.90 Å². The minimum Gasteiger partial charge on any atom is -0.481 e. The van der Waals surface area contributed by atoms with Crippen molar-refractivity contribution in [3.63, 3.8) is 0 Å². The largest absolute Gasteiger partial charge is 0.481 e. The van der Waals surface area contributed by atoms with Crippen LogP contribution in [0.4, 0.5) is 0 Å². The van der Waals surface area contributed by atoms with Crippen LogP contribution >= 0.6 is 0 Å². The molecule has 96 valence electrons. The summed E-state index contributed by atoms with van der Waals surface area (Å²) in [5.41, 5.74) is 1.57. The lowest BCUT2D eigenvalue weighted by atomic mass is 9.78. The van der Waals surface area contributed by atoms with Gasteiger partial charge < -0.3 is 5.11 Å². The second kappa shape index (κ2) is 4.54. The third-order valence-corrected chi connectivity index (χ3v) is 4.03. The lowest BCUT2D eigenvalue weighted by Crippen LogP contribution is -2.24. The monoisotopic (exact) mass is 252 g/mol. The first-order valence-corrected chi connectivity index (χ1v) is 6.57. The quantitative estimate of drug-likeness (QED) is 0.901. The molecule has 0 aliphatic heterocycles. The van der Waals surface area contributed by atoms with Gasteiger partial charge in [-0.2, -0.15) is 0 Å². The topological polar surface area (TPSA) is 37.3 Å². The van der Waals surface area contributed by atoms with Crippen LogP contribution in [0.1, 0.15) is 29.9 Å². The van der Waals surface area contributed by atoms with Gasteiger partial charge in [-0.05, 0) is 24.0 Å². The van der Waals surface area contributed by atoms with Gasteiger partial charge in [0.1, 0.15) is 0 Å². The average molecular weight is 252 g/mol. The molecule has 2 heteroatoms. The first-order valence-electron chi connectivity index (χ1n) is 6.57. The molecule has 0 amide bonds. The molecule has 0 unspecified atom stereocenters. The van der Waals surface area contributed by atoms with E-state index >= 15 is 0 Å². The van der Waals surface area contributed by atoms with Crippen molar-refractivity contribution in [1.29, 1.82) is 0 Å². The van der Waals surface area contributed by atoms with Gasteiger partial charge in [-0.3, -0.25) is 4.79 Å². The van der Waals surface area contributed by atoms with Gasteiger partial charge in [0, 0.05) is 5.92 Å². The minimum absolute atomic E-state index is 0.0487. The van der Waals surface area contributed by atoms with Gasteiger partial charge in [0.05, 0.1) is 5.41 Å². The Morgan fingerprint density at radius 2 is 1.32 bits per heavy atom. The number of hydrogen-bond donors (Lipinski definition) is 1. The Kier molecular flexibility index (Phi) is 2.86. The Morgan fingerprint density at radius 3 is 1.63 bits per heavy atom. The highest BCUT2D eigenvalue weighted by molar-refractivity contribution is 5.80. The summed E-state index contributed by atoms with van der Waals surface area (Å²) in [6, 6.07) is 19.9. The van der Waals surface area contributed by atoms with Crippen LogP contribution in [0.15, 0.2) is 60.7 Å². The molecule has 0 bridgehead atoms. The molecule has 2 nitrogen and oxygen atoms in total. The third-order valence-electron chi connectivity index (χ3n) is 4.03. The standard InChI is InChI=1S/C17H16O2/c18-16(19)17(11-12-17)15(13-7-3-1-4-8-13)14-9-5-2-6-10-14/h1-10,15H,11-12H2,(H,18,19). The Hall–Kier alpha value is -2.09. The summed E-state index contributed by atoms with van der Waals surface area (Å²) in [6.07, 6.45) is 1.52. The van der Waals surface area contributed by atoms with Crippen LogP contribution in [-0.4, -0.2) is 11.1 Å². The molecule has 1 fully saturated rings. The van der Waals surface area contributed by atoms with Gasteiger partial charge in [0.2, 0.25) is 0 Å². The van der Waals surface area contributed by atoms with Gasteiger partial charge >= 0.3 is 5.97 Å². The van der Waals surface area contributed by atoms with E-state index in [0.29, 0.717) is 0 Å². The van der Waals surface area contributed by atoms with E-state index in [1.54, 1.807) is 0 Å². The lowest BCUT2D eigenvalue weighted by Gasteiger charge is -2.24. The minimum atomic E-state index is -0.676. The van der Waals surface area contributed by atoms with Crippen molar-refractivity contribution in [3.05, 3.63) is 71.8 Å². The SMILES string of the molecule is O=C(O)C1(C(c2ccccc2)c2ccccc2)CC1. The fourth-order valence-corrected chi connectivity index (χ4v) is 2.88. The van der Waals surface area contributed by atoms with E-state index in [9.17, 15) is 9.90 Å². The Morgan fingerprint density at radius 1 is 0.895 bits per heavy atom. The molecule has 0 aromatic heterocycles. The Labute approximate surface area is 112 Å². The zero-order chi connectivity index (χ0) is 13.3. The predicted octanol–water partition coefficient (Wildman–Crippen LogP) is 3.68. The van der Waals surface area contributed by atoms with E-state index in [1.165, 1.54) is 0 Å². The van der Waals surface area contributed by atoms with Crippen molar-refractivity contribution in [3.8, 4) is 0 Å². The van der Waals surface area contributed by atoms with Crippen molar-refractivity contribution in [2.45, 2.75) is 18.8 Å². The number of hydrogen-bond acceptors (Lipinski definition) is 1.